The first-order valence-electron chi connectivity index (χ1n) is 0.748. The fourth-order valence-corrected chi connectivity index (χ4v) is 0. The van der Waals surface area contributed by atoms with E-state index in [1.807, 2.05) is 0 Å². The van der Waals surface area contributed by atoms with Crippen LogP contribution < -0.4 is 8.19 Å². The summed E-state index contributed by atoms with van der Waals surface area (Å²) in [6, 6.07) is 0. The molecule has 0 atom stereocenters. The molecule has 6 heavy (non-hydrogen) atoms. The Labute approximate surface area is 47.5 Å². The van der Waals surface area contributed by atoms with Crippen molar-refractivity contribution >= 4 is 14.5 Å². The smallest absolute Gasteiger partial charge is 2.00 e. The third-order valence-corrected chi connectivity index (χ3v) is 0. The van der Waals surface area contributed by atoms with Gasteiger partial charge in [-0.15, -0.1) is 0 Å². The molecule has 6 heteroatoms. The zero-order valence-electron chi connectivity index (χ0n) is 2.44. The summed E-state index contributed by atoms with van der Waals surface area (Å²) >= 11 is -5.62. The third-order valence-electron chi connectivity index (χ3n) is 0. The molecule has 1 N–H and O–H groups in total. The first-order chi connectivity index (χ1) is 2.00. The summed E-state index contributed by atoms with van der Waals surface area (Å²) in [6.07, 6.45) is 0. The average molecular weight is 199 g/mol. The summed E-state index contributed by atoms with van der Waals surface area (Å²) in [5, 5.41) is 0. The third kappa shape index (κ3) is 123. The van der Waals surface area contributed by atoms with E-state index in [-0.39, 0.29) is 16.5 Å². The van der Waals surface area contributed by atoms with Crippen LogP contribution >= 0.6 is 0 Å². The Morgan fingerprint density at radius 2 is 1.50 bits per heavy atom. The van der Waals surface area contributed by atoms with Gasteiger partial charge in [0.1, 0.15) is 0 Å². The summed E-state index contributed by atoms with van der Waals surface area (Å²) in [5.74, 6) is 0. The van der Waals surface area contributed by atoms with Crippen molar-refractivity contribution in [2.45, 2.75) is 0 Å². The van der Waals surface area contributed by atoms with Gasteiger partial charge in [-0.3, -0.25) is 0 Å². The normalized spacial score (nSPS) is 9.83. The van der Waals surface area contributed by atoms with Gasteiger partial charge in [-0.2, -0.15) is 0 Å². The van der Waals surface area contributed by atoms with E-state index >= 15 is 0 Å². The van der Waals surface area contributed by atoms with Gasteiger partial charge in [-0.1, -0.05) is 0 Å². The van der Waals surface area contributed by atoms with Crippen molar-refractivity contribution in [3.8, 4) is 0 Å². The molecule has 40 valence electrons. The van der Waals surface area contributed by atoms with Crippen LogP contribution in [-0.2, 0) is 20.2 Å². The maximum atomic E-state index is 8.72. The summed E-state index contributed by atoms with van der Waals surface area (Å²) in [5.41, 5.74) is 0. The van der Waals surface area contributed by atoms with E-state index in [0.29, 0.717) is 0 Å². The molecule has 0 heterocycles. The van der Waals surface area contributed by atoms with E-state index in [0.717, 1.165) is 0 Å². The molecule has 0 bridgehead atoms. The predicted octanol–water partition coefficient (Wildman–Crippen LogP) is -3.44. The molecule has 0 aromatic rings. The molecule has 0 rings (SSSR count). The van der Waals surface area contributed by atoms with Gasteiger partial charge < -0.3 is 0 Å². The Morgan fingerprint density at radius 3 is 1.50 bits per heavy atom. The zero-order chi connectivity index (χ0) is 4.50. The van der Waals surface area contributed by atoms with Crippen LogP contribution in [-0.4, -0.2) is 18.6 Å². The van der Waals surface area contributed by atoms with Crippen LogP contribution in [0.2, 0.25) is 0 Å². The molecule has 0 unspecified atom stereocenters. The molecule has 4 nitrogen and oxygen atoms in total. The van der Waals surface area contributed by atoms with E-state index in [2.05, 4.69) is 0 Å². The molecule has 0 aromatic carbocycles. The Bertz CT molecular complexity index is 53.7. The second kappa shape index (κ2) is 2.83. The fraction of sp³-hybridized carbons (Fsp3) is 0. The first-order valence-corrected chi connectivity index (χ1v) is 3.89. The van der Waals surface area contributed by atoms with Gasteiger partial charge >= 0.3 is 47.0 Å². The van der Waals surface area contributed by atoms with Crippen molar-refractivity contribution < 1.29 is 32.5 Å². The van der Waals surface area contributed by atoms with Gasteiger partial charge in [-0.25, -0.2) is 0 Å². The quantitative estimate of drug-likeness (QED) is 0.411. The van der Waals surface area contributed by atoms with Crippen LogP contribution in [0.5, 0.6) is 0 Å². The molecule has 0 fully saturated rings. The minimum atomic E-state index is -5.62. The largest absolute Gasteiger partial charge is 2.00 e. The molecule has 0 spiro atoms. The molecule has 0 saturated carbocycles. The van der Waals surface area contributed by atoms with E-state index < -0.39 is 14.5 Å². The SMILES string of the molecule is O=[As]([O-])([O-])O.[Ni+2]. The molecular weight excluding hydrogens is 198 g/mol. The summed E-state index contributed by atoms with van der Waals surface area (Å²) in [7, 11) is 0. The maximum absolute atomic E-state index is 8.72. The first kappa shape index (κ1) is 9.88. The second-order valence-corrected chi connectivity index (χ2v) is 2.43. The van der Waals surface area contributed by atoms with E-state index in [1.165, 1.54) is 0 Å². The van der Waals surface area contributed by atoms with Gasteiger partial charge in [0.25, 0.3) is 0 Å². The fourth-order valence-electron chi connectivity index (χ4n) is 0. The number of hydrogen-bond acceptors (Lipinski definition) is 3. The van der Waals surface area contributed by atoms with Crippen LogP contribution in [0.15, 0.2) is 0 Å². The second-order valence-electron chi connectivity index (χ2n) is 0.469. The van der Waals surface area contributed by atoms with E-state index in [1.54, 1.807) is 0 Å². The predicted molar refractivity (Wildman–Crippen MR) is 8.66 cm³/mol. The molecule has 0 radical (unpaired) electrons. The van der Waals surface area contributed by atoms with Crippen LogP contribution in [0, 0.1) is 0 Å². The minimum absolute atomic E-state index is 0. The van der Waals surface area contributed by atoms with Crippen molar-refractivity contribution in [3.05, 3.63) is 0 Å². The molecule has 0 aliphatic carbocycles. The molecule has 0 aliphatic heterocycles. The Morgan fingerprint density at radius 1 is 1.50 bits per heavy atom. The molecule has 0 aromatic heterocycles. The maximum Gasteiger partial charge on any atom is 2.00 e. The van der Waals surface area contributed by atoms with Crippen molar-refractivity contribution in [2.75, 3.05) is 0 Å². The van der Waals surface area contributed by atoms with Crippen LogP contribution in [0.25, 0.3) is 0 Å². The van der Waals surface area contributed by atoms with Crippen molar-refractivity contribution in [1.29, 1.82) is 0 Å². The summed E-state index contributed by atoms with van der Waals surface area (Å²) < 4.78 is 33.2. The Balaban J connectivity index is 0. The van der Waals surface area contributed by atoms with Crippen LogP contribution in [0.1, 0.15) is 0 Å². The molecule has 0 saturated heterocycles. The summed E-state index contributed by atoms with van der Waals surface area (Å²) in [4.78, 5) is 0. The molecular formula is HAsNiO4. The van der Waals surface area contributed by atoms with Gasteiger partial charge in [0.15, 0.2) is 0 Å². The monoisotopic (exact) mass is 198 g/mol. The van der Waals surface area contributed by atoms with Crippen LogP contribution in [0.4, 0.5) is 0 Å². The van der Waals surface area contributed by atoms with Crippen molar-refractivity contribution in [1.82, 2.24) is 0 Å². The average Bonchev–Trinajstić information content (AvgIpc) is 0.722. The molecule has 0 amide bonds. The number of hydrogen-bond donors (Lipinski definition) is 1. The summed E-state index contributed by atoms with van der Waals surface area (Å²) in [6.45, 7) is 0. The van der Waals surface area contributed by atoms with Crippen molar-refractivity contribution in [3.63, 3.8) is 0 Å². The topological polar surface area (TPSA) is 83.4 Å². The minimum Gasteiger partial charge on any atom is 2.00 e. The molecule has 0 aliphatic rings. The number of rotatable bonds is 0. The Hall–Kier alpha value is 0.732. The van der Waals surface area contributed by atoms with E-state index in [9.17, 15) is 0 Å². The standard InChI is InChI=1S/AsH3O4.Ni/c2-1(3,4)5;/h(H3,2,3,4,5);/q;+2/p-2. The van der Waals surface area contributed by atoms with E-state index in [4.69, 9.17) is 16.0 Å². The Kier molecular flexibility index (Phi) is 4.66. The van der Waals surface area contributed by atoms with Crippen molar-refractivity contribution in [2.24, 2.45) is 0 Å². The van der Waals surface area contributed by atoms with Gasteiger partial charge in [-0.05, 0) is 0 Å². The zero-order valence-corrected chi connectivity index (χ0v) is 5.30. The van der Waals surface area contributed by atoms with Crippen LogP contribution in [0.3, 0.4) is 0 Å². The van der Waals surface area contributed by atoms with Gasteiger partial charge in [0.2, 0.25) is 0 Å². The van der Waals surface area contributed by atoms with Gasteiger partial charge in [0.05, 0.1) is 0 Å². The van der Waals surface area contributed by atoms with Gasteiger partial charge in [0, 0.05) is 0 Å².